The zero-order chi connectivity index (χ0) is 12.7. The highest BCUT2D eigenvalue weighted by molar-refractivity contribution is 5.99. The minimum atomic E-state index is -1.16. The van der Waals surface area contributed by atoms with Gasteiger partial charge in [0, 0.05) is 5.92 Å². The van der Waals surface area contributed by atoms with Crippen molar-refractivity contribution in [1.29, 1.82) is 0 Å². The molecule has 0 aromatic carbocycles. The number of rotatable bonds is 6. The first-order chi connectivity index (χ1) is 7.45. The maximum atomic E-state index is 11.5. The van der Waals surface area contributed by atoms with Crippen LogP contribution in [0, 0.1) is 11.8 Å². The largest absolute Gasteiger partial charge is 0.465 e. The zero-order valence-electron chi connectivity index (χ0n) is 10.1. The van der Waals surface area contributed by atoms with Gasteiger partial charge in [0.15, 0.2) is 5.92 Å². The van der Waals surface area contributed by atoms with Crippen molar-refractivity contribution in [3.05, 3.63) is 0 Å². The molecule has 16 heavy (non-hydrogen) atoms. The van der Waals surface area contributed by atoms with Gasteiger partial charge in [0.2, 0.25) is 0 Å². The van der Waals surface area contributed by atoms with Gasteiger partial charge in [-0.15, -0.1) is 0 Å². The molecule has 92 valence electrons. The van der Waals surface area contributed by atoms with Crippen LogP contribution >= 0.6 is 0 Å². The van der Waals surface area contributed by atoms with Crippen LogP contribution in [0.5, 0.6) is 0 Å². The van der Waals surface area contributed by atoms with Crippen molar-refractivity contribution in [3.8, 4) is 0 Å². The predicted molar refractivity (Wildman–Crippen MR) is 56.6 cm³/mol. The van der Waals surface area contributed by atoms with E-state index in [1.54, 1.807) is 13.8 Å². The van der Waals surface area contributed by atoms with Crippen molar-refractivity contribution in [3.63, 3.8) is 0 Å². The molecular formula is C11H18O5. The molecule has 0 aliphatic carbocycles. The maximum Gasteiger partial charge on any atom is 0.321 e. The van der Waals surface area contributed by atoms with E-state index in [1.165, 1.54) is 13.8 Å². The Morgan fingerprint density at radius 2 is 1.38 bits per heavy atom. The molecule has 0 aromatic heterocycles. The fourth-order valence-corrected chi connectivity index (χ4v) is 1.20. The summed E-state index contributed by atoms with van der Waals surface area (Å²) in [6.45, 7) is 6.45. The molecule has 0 rings (SSSR count). The number of carbonyl (C=O) groups excluding carboxylic acids is 3. The van der Waals surface area contributed by atoms with E-state index in [4.69, 9.17) is 9.47 Å². The van der Waals surface area contributed by atoms with Crippen LogP contribution in [0.2, 0.25) is 0 Å². The van der Waals surface area contributed by atoms with Crippen LogP contribution in [0.25, 0.3) is 0 Å². The molecule has 1 atom stereocenters. The number of carbonyl (C=O) groups is 3. The highest BCUT2D eigenvalue weighted by atomic mass is 16.6. The number of ether oxygens (including phenoxy) is 2. The molecule has 0 N–H and O–H groups in total. The number of hydrogen-bond donors (Lipinski definition) is 0. The number of ketones is 1. The lowest BCUT2D eigenvalue weighted by molar-refractivity contribution is -0.165. The van der Waals surface area contributed by atoms with Crippen LogP contribution in [0.15, 0.2) is 0 Å². The fraction of sp³-hybridized carbons (Fsp3) is 0.727. The van der Waals surface area contributed by atoms with E-state index in [0.29, 0.717) is 0 Å². The topological polar surface area (TPSA) is 69.7 Å². The molecule has 0 aromatic rings. The molecule has 0 radical (unpaired) electrons. The molecule has 0 amide bonds. The Labute approximate surface area is 95.1 Å². The Bertz CT molecular complexity index is 254. The summed E-state index contributed by atoms with van der Waals surface area (Å²) in [6, 6.07) is 0. The summed E-state index contributed by atoms with van der Waals surface area (Å²) >= 11 is 0. The minimum absolute atomic E-state index is 0.166. The van der Waals surface area contributed by atoms with Gasteiger partial charge in [-0.25, -0.2) is 0 Å². The van der Waals surface area contributed by atoms with Crippen molar-refractivity contribution in [1.82, 2.24) is 0 Å². The van der Waals surface area contributed by atoms with Gasteiger partial charge in [-0.05, 0) is 20.8 Å². The number of hydrogen-bond acceptors (Lipinski definition) is 5. The smallest absolute Gasteiger partial charge is 0.321 e. The third kappa shape index (κ3) is 4.00. The normalized spacial score (nSPS) is 12.1. The summed E-state index contributed by atoms with van der Waals surface area (Å²) in [7, 11) is 0. The molecule has 0 aliphatic heterocycles. The van der Waals surface area contributed by atoms with E-state index < -0.39 is 23.8 Å². The van der Waals surface area contributed by atoms with Gasteiger partial charge in [-0.1, -0.05) is 6.92 Å². The van der Waals surface area contributed by atoms with Gasteiger partial charge in [-0.2, -0.15) is 0 Å². The molecule has 0 saturated heterocycles. The summed E-state index contributed by atoms with van der Waals surface area (Å²) in [6.07, 6.45) is 0. The first kappa shape index (κ1) is 14.6. The van der Waals surface area contributed by atoms with Crippen molar-refractivity contribution in [2.75, 3.05) is 13.2 Å². The van der Waals surface area contributed by atoms with Crippen LogP contribution in [0.1, 0.15) is 27.7 Å². The molecular weight excluding hydrogens is 212 g/mol. The highest BCUT2D eigenvalue weighted by Crippen LogP contribution is 2.16. The van der Waals surface area contributed by atoms with Crippen LogP contribution in [-0.4, -0.2) is 30.9 Å². The lowest BCUT2D eigenvalue weighted by Gasteiger charge is -2.18. The number of Topliss-reactive ketones (excluding diaryl/α,β-unsaturated/α-hetero) is 1. The second kappa shape index (κ2) is 6.98. The summed E-state index contributed by atoms with van der Waals surface area (Å²) in [4.78, 5) is 34.2. The van der Waals surface area contributed by atoms with E-state index >= 15 is 0 Å². The van der Waals surface area contributed by atoms with Crippen molar-refractivity contribution >= 4 is 17.7 Å². The van der Waals surface area contributed by atoms with E-state index in [1.807, 2.05) is 0 Å². The predicted octanol–water partition coefficient (Wildman–Crippen LogP) is 0.954. The molecule has 0 heterocycles. The van der Waals surface area contributed by atoms with Crippen LogP contribution in [0.4, 0.5) is 0 Å². The first-order valence-corrected chi connectivity index (χ1v) is 5.29. The molecule has 0 aliphatic rings. The minimum Gasteiger partial charge on any atom is -0.465 e. The van der Waals surface area contributed by atoms with Crippen molar-refractivity contribution < 1.29 is 23.9 Å². The molecule has 0 saturated carbocycles. The molecule has 0 fully saturated rings. The summed E-state index contributed by atoms with van der Waals surface area (Å²) in [5, 5.41) is 0. The molecule has 0 spiro atoms. The second-order valence-corrected chi connectivity index (χ2v) is 3.38. The molecule has 5 nitrogen and oxygen atoms in total. The van der Waals surface area contributed by atoms with Crippen LogP contribution < -0.4 is 0 Å². The zero-order valence-corrected chi connectivity index (χ0v) is 10.1. The average molecular weight is 230 g/mol. The summed E-state index contributed by atoms with van der Waals surface area (Å²) in [5.41, 5.74) is 0. The van der Waals surface area contributed by atoms with E-state index in [-0.39, 0.29) is 19.0 Å². The quantitative estimate of drug-likeness (QED) is 0.502. The van der Waals surface area contributed by atoms with E-state index in [2.05, 4.69) is 0 Å². The van der Waals surface area contributed by atoms with E-state index in [9.17, 15) is 14.4 Å². The molecule has 0 unspecified atom stereocenters. The first-order valence-electron chi connectivity index (χ1n) is 5.29. The monoisotopic (exact) mass is 230 g/mol. The second-order valence-electron chi connectivity index (χ2n) is 3.38. The maximum absolute atomic E-state index is 11.5. The Hall–Kier alpha value is -1.39. The number of esters is 2. The van der Waals surface area contributed by atoms with Gasteiger partial charge >= 0.3 is 11.9 Å². The standard InChI is InChI=1S/C11H18O5/c1-5-15-10(13)9(7(3)8(4)12)11(14)16-6-2/h7,9H,5-6H2,1-4H3/t7-/m1/s1. The Morgan fingerprint density at radius 1 is 1.00 bits per heavy atom. The molecule has 5 heteroatoms. The summed E-state index contributed by atoms with van der Waals surface area (Å²) < 4.78 is 9.50. The Kier molecular flexibility index (Phi) is 6.37. The lowest BCUT2D eigenvalue weighted by Crippen LogP contribution is -2.36. The van der Waals surface area contributed by atoms with Crippen molar-refractivity contribution in [2.24, 2.45) is 11.8 Å². The van der Waals surface area contributed by atoms with Gasteiger partial charge in [0.25, 0.3) is 0 Å². The van der Waals surface area contributed by atoms with Gasteiger partial charge in [0.05, 0.1) is 13.2 Å². The van der Waals surface area contributed by atoms with Crippen molar-refractivity contribution in [2.45, 2.75) is 27.7 Å². The third-order valence-electron chi connectivity index (χ3n) is 2.22. The van der Waals surface area contributed by atoms with Crippen LogP contribution in [0.3, 0.4) is 0 Å². The molecule has 0 bridgehead atoms. The van der Waals surface area contributed by atoms with Gasteiger partial charge in [0.1, 0.15) is 5.78 Å². The van der Waals surface area contributed by atoms with Crippen LogP contribution in [-0.2, 0) is 23.9 Å². The SMILES string of the molecule is CCOC(=O)C(C(=O)OCC)[C@H](C)C(C)=O. The average Bonchev–Trinajstić information content (AvgIpc) is 2.18. The highest BCUT2D eigenvalue weighted by Gasteiger charge is 2.37. The summed E-state index contributed by atoms with van der Waals surface area (Å²) in [5.74, 6) is -3.53. The lowest BCUT2D eigenvalue weighted by atomic mass is 9.91. The van der Waals surface area contributed by atoms with Gasteiger partial charge in [-0.3, -0.25) is 14.4 Å². The van der Waals surface area contributed by atoms with Gasteiger partial charge < -0.3 is 9.47 Å². The Balaban J connectivity index is 4.82. The fourth-order valence-electron chi connectivity index (χ4n) is 1.20. The third-order valence-corrected chi connectivity index (χ3v) is 2.22. The Morgan fingerprint density at radius 3 is 1.62 bits per heavy atom. The van der Waals surface area contributed by atoms with E-state index in [0.717, 1.165) is 0 Å².